The quantitative estimate of drug-likeness (QED) is 0.403. The molecule has 0 spiro atoms. The summed E-state index contributed by atoms with van der Waals surface area (Å²) in [6.45, 7) is 2.98. The number of halogens is 2. The summed E-state index contributed by atoms with van der Waals surface area (Å²) in [6.07, 6.45) is 1.41. The summed E-state index contributed by atoms with van der Waals surface area (Å²) in [5, 5.41) is 16.7. The van der Waals surface area contributed by atoms with Gasteiger partial charge in [0.05, 0.1) is 37.7 Å². The fourth-order valence-electron chi connectivity index (χ4n) is 4.81. The van der Waals surface area contributed by atoms with E-state index >= 15 is 0 Å². The number of rotatable bonds is 8. The van der Waals surface area contributed by atoms with Gasteiger partial charge in [-0.1, -0.05) is 11.3 Å². The first kappa shape index (κ1) is 26.4. The van der Waals surface area contributed by atoms with Crippen LogP contribution >= 0.6 is 11.3 Å². The van der Waals surface area contributed by atoms with Gasteiger partial charge < -0.3 is 19.6 Å². The van der Waals surface area contributed by atoms with Crippen molar-refractivity contribution in [3.8, 4) is 10.7 Å². The Morgan fingerprint density at radius 1 is 1.33 bits per heavy atom. The summed E-state index contributed by atoms with van der Waals surface area (Å²) < 4.78 is 63.2. The Morgan fingerprint density at radius 3 is 2.77 bits per heavy atom. The molecule has 3 aliphatic rings. The number of aliphatic hydroxyl groups excluding tert-OH is 1. The number of nitrogens with zero attached hydrogens (tertiary/aromatic N) is 6. The number of aromatic nitrogens is 4. The fourth-order valence-corrected chi connectivity index (χ4v) is 6.99. The summed E-state index contributed by atoms with van der Waals surface area (Å²) in [5.41, 5.74) is 0.624. The number of imidazole rings is 1. The van der Waals surface area contributed by atoms with Crippen molar-refractivity contribution in [2.24, 2.45) is 0 Å². The van der Waals surface area contributed by atoms with Gasteiger partial charge in [-0.15, -0.1) is 10.2 Å². The van der Waals surface area contributed by atoms with Crippen molar-refractivity contribution in [3.05, 3.63) is 23.5 Å². The summed E-state index contributed by atoms with van der Waals surface area (Å²) in [5.74, 6) is -0.231. The number of carbonyl (C=O) groups is 1. The lowest BCUT2D eigenvalue weighted by Crippen LogP contribution is -2.59. The average molecular weight is 584 g/mol. The van der Waals surface area contributed by atoms with E-state index < -0.39 is 33.1 Å². The molecule has 1 amide bonds. The molecule has 1 saturated carbocycles. The summed E-state index contributed by atoms with van der Waals surface area (Å²) in [6, 6.07) is 1.28. The van der Waals surface area contributed by atoms with Gasteiger partial charge in [-0.25, -0.2) is 26.9 Å². The molecule has 2 aliphatic heterocycles. The van der Waals surface area contributed by atoms with Crippen LogP contribution in [-0.4, -0.2) is 94.4 Å². The molecule has 16 heteroatoms. The largest absolute Gasteiger partial charge is 0.394 e. The first-order valence-electron chi connectivity index (χ1n) is 12.5. The number of alkyl halides is 2. The monoisotopic (exact) mass is 583 g/mol. The van der Waals surface area contributed by atoms with Crippen LogP contribution in [0, 0.1) is 0 Å². The molecule has 210 valence electrons. The Bertz CT molecular complexity index is 1520. The molecule has 3 aromatic heterocycles. The molecule has 2 N–H and O–H groups in total. The number of morpholine rings is 1. The summed E-state index contributed by atoms with van der Waals surface area (Å²) in [7, 11) is -3.95. The van der Waals surface area contributed by atoms with Gasteiger partial charge in [0.25, 0.3) is 12.3 Å². The maximum Gasteiger partial charge on any atom is 0.291 e. The summed E-state index contributed by atoms with van der Waals surface area (Å²) >= 11 is 0.705. The Morgan fingerprint density at radius 2 is 2.13 bits per heavy atom. The van der Waals surface area contributed by atoms with E-state index in [9.17, 15) is 27.1 Å². The van der Waals surface area contributed by atoms with Crippen molar-refractivity contribution in [2.75, 3.05) is 37.7 Å². The number of fused-ring (bicyclic) bond motifs is 1. The van der Waals surface area contributed by atoms with E-state index in [1.54, 1.807) is 4.90 Å². The van der Waals surface area contributed by atoms with Crippen LogP contribution in [-0.2, 0) is 19.6 Å². The van der Waals surface area contributed by atoms with Gasteiger partial charge in [-0.3, -0.25) is 9.20 Å². The number of nitrogens with one attached hydrogen (secondary N) is 1. The maximum absolute atomic E-state index is 13.4. The molecular formula is C23H27F2N7O5S2. The SMILES string of the molecule is CC1(NS(=O)(=O)c2cc(N3CCOC(C(=O)N4CC[C@@H]4CO)C3)c3ncc(-c4nnc(C(F)F)s4)n3c2)CC1. The van der Waals surface area contributed by atoms with Crippen LogP contribution in [0.15, 0.2) is 23.4 Å². The lowest BCUT2D eigenvalue weighted by molar-refractivity contribution is -0.153. The van der Waals surface area contributed by atoms with Crippen molar-refractivity contribution in [3.63, 3.8) is 0 Å². The second-order valence-corrected chi connectivity index (χ2v) is 13.0. The minimum Gasteiger partial charge on any atom is -0.394 e. The standard InChI is InChI=1S/C23H27F2N7O5S2/c1-23(3-4-23)29-39(35,36)14-8-15(30-6-7-37-17(11-30)22(34)31-5-2-13(31)12-33)19-26-9-16(32(19)10-14)20-27-28-21(38-20)18(24)25/h8-10,13,17-18,29,33H,2-7,11-12H2,1H3/t13-,17?/m1/s1. The predicted octanol–water partition coefficient (Wildman–Crippen LogP) is 1.42. The molecule has 3 fully saturated rings. The van der Waals surface area contributed by atoms with Gasteiger partial charge in [0.15, 0.2) is 21.8 Å². The Labute approximate surface area is 226 Å². The Hall–Kier alpha value is -2.79. The van der Waals surface area contributed by atoms with Gasteiger partial charge >= 0.3 is 0 Å². The van der Waals surface area contributed by atoms with Gasteiger partial charge in [-0.2, -0.15) is 0 Å². The van der Waals surface area contributed by atoms with Crippen LogP contribution in [0.4, 0.5) is 14.5 Å². The minimum atomic E-state index is -3.95. The Kier molecular flexibility index (Phi) is 6.57. The van der Waals surface area contributed by atoms with Crippen molar-refractivity contribution >= 4 is 38.6 Å². The molecule has 39 heavy (non-hydrogen) atoms. The number of carbonyl (C=O) groups excluding carboxylic acids is 1. The third kappa shape index (κ3) is 4.88. The number of pyridine rings is 1. The normalized spacial score (nSPS) is 22.9. The molecule has 0 radical (unpaired) electrons. The number of hydrogen-bond acceptors (Lipinski definition) is 10. The number of ether oxygens (including phenoxy) is 1. The number of aliphatic hydroxyl groups is 1. The van der Waals surface area contributed by atoms with E-state index in [1.807, 2.05) is 11.8 Å². The molecule has 2 saturated heterocycles. The molecule has 2 atom stereocenters. The van der Waals surface area contributed by atoms with E-state index in [0.717, 1.165) is 19.3 Å². The van der Waals surface area contributed by atoms with Gasteiger partial charge in [0.1, 0.15) is 10.6 Å². The highest BCUT2D eigenvalue weighted by molar-refractivity contribution is 7.89. The predicted molar refractivity (Wildman–Crippen MR) is 136 cm³/mol. The van der Waals surface area contributed by atoms with Crippen molar-refractivity contribution in [2.45, 2.75) is 55.2 Å². The zero-order valence-corrected chi connectivity index (χ0v) is 22.6. The zero-order chi connectivity index (χ0) is 27.5. The first-order valence-corrected chi connectivity index (χ1v) is 14.8. The molecule has 5 heterocycles. The third-order valence-electron chi connectivity index (χ3n) is 7.42. The molecule has 6 rings (SSSR count). The second-order valence-electron chi connectivity index (χ2n) is 10.3. The molecular weight excluding hydrogens is 556 g/mol. The van der Waals surface area contributed by atoms with Crippen molar-refractivity contribution in [1.82, 2.24) is 29.2 Å². The van der Waals surface area contributed by atoms with Crippen LogP contribution < -0.4 is 9.62 Å². The topological polar surface area (TPSA) is 142 Å². The second kappa shape index (κ2) is 9.69. The third-order valence-corrected chi connectivity index (χ3v) is 9.98. The molecule has 0 bridgehead atoms. The van der Waals surface area contributed by atoms with Crippen LogP contribution in [0.2, 0.25) is 0 Å². The minimum absolute atomic E-state index is 0.0339. The van der Waals surface area contributed by atoms with Crippen molar-refractivity contribution < 1.29 is 31.8 Å². The maximum atomic E-state index is 13.4. The van der Waals surface area contributed by atoms with Crippen LogP contribution in [0.1, 0.15) is 37.6 Å². The average Bonchev–Trinajstić information content (AvgIpc) is 3.25. The van der Waals surface area contributed by atoms with E-state index in [4.69, 9.17) is 4.74 Å². The van der Waals surface area contributed by atoms with E-state index in [2.05, 4.69) is 19.9 Å². The molecule has 12 nitrogen and oxygen atoms in total. The highest BCUT2D eigenvalue weighted by Crippen LogP contribution is 2.38. The van der Waals surface area contributed by atoms with Crippen LogP contribution in [0.5, 0.6) is 0 Å². The molecule has 0 aromatic carbocycles. The van der Waals surface area contributed by atoms with Crippen LogP contribution in [0.3, 0.4) is 0 Å². The summed E-state index contributed by atoms with van der Waals surface area (Å²) in [4.78, 5) is 21.0. The van der Waals surface area contributed by atoms with E-state index in [1.165, 1.54) is 22.9 Å². The smallest absolute Gasteiger partial charge is 0.291 e. The molecule has 1 unspecified atom stereocenters. The molecule has 1 aliphatic carbocycles. The number of sulfonamides is 1. The fraction of sp³-hybridized carbons (Fsp3) is 0.565. The number of anilines is 1. The lowest BCUT2D eigenvalue weighted by Gasteiger charge is -2.43. The Balaban J connectivity index is 1.40. The lowest BCUT2D eigenvalue weighted by atomic mass is 10.0. The van der Waals surface area contributed by atoms with E-state index in [0.29, 0.717) is 41.5 Å². The highest BCUT2D eigenvalue weighted by atomic mass is 32.2. The van der Waals surface area contributed by atoms with Crippen LogP contribution in [0.25, 0.3) is 16.3 Å². The number of likely N-dealkylation sites (tertiary alicyclic amines) is 1. The van der Waals surface area contributed by atoms with Gasteiger partial charge in [0.2, 0.25) is 10.0 Å². The van der Waals surface area contributed by atoms with Gasteiger partial charge in [0, 0.05) is 24.8 Å². The first-order chi connectivity index (χ1) is 18.6. The highest BCUT2D eigenvalue weighted by Gasteiger charge is 2.42. The van der Waals surface area contributed by atoms with Gasteiger partial charge in [-0.05, 0) is 32.3 Å². The number of hydrogen-bond donors (Lipinski definition) is 2. The zero-order valence-electron chi connectivity index (χ0n) is 21.0. The number of amides is 1. The van der Waals surface area contributed by atoms with E-state index in [-0.39, 0.29) is 41.6 Å². The van der Waals surface area contributed by atoms with Crippen molar-refractivity contribution in [1.29, 1.82) is 0 Å². The molecule has 3 aromatic rings.